The molecule has 154 valence electrons. The molecule has 0 saturated heterocycles. The standard InChI is InChI=1S/C21H25N3O5/c1-14(25)23-17(11-15-7-5-4-6-8-15)20(26)24-18(21(27)29-3)12-16-9-10-19(28-2)22-13-16/h4-10,13,17-18H,11-12H2,1-3H3,(H,23,25)(H,24,26)/t17-,18-/m1/s1. The van der Waals surface area contributed by atoms with Crippen LogP contribution < -0.4 is 15.4 Å². The number of esters is 1. The summed E-state index contributed by atoms with van der Waals surface area (Å²) >= 11 is 0. The van der Waals surface area contributed by atoms with Crippen molar-refractivity contribution in [3.05, 3.63) is 59.8 Å². The Morgan fingerprint density at radius 3 is 2.17 bits per heavy atom. The Kier molecular flexibility index (Phi) is 8.14. The monoisotopic (exact) mass is 399 g/mol. The van der Waals surface area contributed by atoms with Crippen molar-refractivity contribution in [3.8, 4) is 5.88 Å². The SMILES string of the molecule is COC(=O)[C@@H](Cc1ccc(OC)nc1)NC(=O)[C@@H](Cc1ccccc1)NC(C)=O. The molecule has 0 aliphatic carbocycles. The van der Waals surface area contributed by atoms with E-state index in [0.29, 0.717) is 12.3 Å². The highest BCUT2D eigenvalue weighted by Crippen LogP contribution is 2.10. The van der Waals surface area contributed by atoms with E-state index in [4.69, 9.17) is 9.47 Å². The molecule has 1 heterocycles. The van der Waals surface area contributed by atoms with Crippen molar-refractivity contribution >= 4 is 17.8 Å². The van der Waals surface area contributed by atoms with Gasteiger partial charge in [0.1, 0.15) is 12.1 Å². The lowest BCUT2D eigenvalue weighted by atomic mass is 10.0. The first kappa shape index (κ1) is 21.9. The fourth-order valence-electron chi connectivity index (χ4n) is 2.80. The lowest BCUT2D eigenvalue weighted by molar-refractivity contribution is -0.145. The maximum absolute atomic E-state index is 12.8. The van der Waals surface area contributed by atoms with Crippen molar-refractivity contribution in [2.24, 2.45) is 0 Å². The van der Waals surface area contributed by atoms with Gasteiger partial charge in [0.2, 0.25) is 17.7 Å². The number of hydrogen-bond donors (Lipinski definition) is 2. The molecule has 2 aromatic rings. The van der Waals surface area contributed by atoms with Gasteiger partial charge in [0.05, 0.1) is 14.2 Å². The van der Waals surface area contributed by atoms with E-state index in [-0.39, 0.29) is 12.3 Å². The summed E-state index contributed by atoms with van der Waals surface area (Å²) in [6.45, 7) is 1.34. The zero-order valence-corrected chi connectivity index (χ0v) is 16.7. The molecule has 1 aromatic heterocycles. The van der Waals surface area contributed by atoms with Gasteiger partial charge in [-0.25, -0.2) is 9.78 Å². The van der Waals surface area contributed by atoms with Crippen LogP contribution in [0.4, 0.5) is 0 Å². The molecule has 8 heteroatoms. The van der Waals surface area contributed by atoms with Gasteiger partial charge in [0.15, 0.2) is 0 Å². The lowest BCUT2D eigenvalue weighted by Crippen LogP contribution is -2.53. The van der Waals surface area contributed by atoms with E-state index in [2.05, 4.69) is 15.6 Å². The van der Waals surface area contributed by atoms with Crippen molar-refractivity contribution < 1.29 is 23.9 Å². The molecule has 2 amide bonds. The van der Waals surface area contributed by atoms with Crippen LogP contribution in [0.5, 0.6) is 5.88 Å². The number of carbonyl (C=O) groups excluding carboxylic acids is 3. The van der Waals surface area contributed by atoms with Gasteiger partial charge in [-0.05, 0) is 11.1 Å². The molecule has 0 spiro atoms. The average Bonchev–Trinajstić information content (AvgIpc) is 2.73. The summed E-state index contributed by atoms with van der Waals surface area (Å²) in [7, 11) is 2.76. The number of aromatic nitrogens is 1. The highest BCUT2D eigenvalue weighted by atomic mass is 16.5. The van der Waals surface area contributed by atoms with E-state index in [0.717, 1.165) is 11.1 Å². The molecule has 0 unspecified atom stereocenters. The highest BCUT2D eigenvalue weighted by molar-refractivity contribution is 5.90. The number of carbonyl (C=O) groups is 3. The number of rotatable bonds is 9. The Labute approximate surface area is 169 Å². The van der Waals surface area contributed by atoms with Crippen LogP contribution in [0.15, 0.2) is 48.7 Å². The molecular formula is C21H25N3O5. The van der Waals surface area contributed by atoms with Crippen molar-refractivity contribution in [2.45, 2.75) is 31.8 Å². The maximum atomic E-state index is 12.8. The number of amides is 2. The summed E-state index contributed by atoms with van der Waals surface area (Å²) in [6, 6.07) is 11.0. The Bertz CT molecular complexity index is 824. The minimum absolute atomic E-state index is 0.188. The van der Waals surface area contributed by atoms with E-state index in [1.165, 1.54) is 21.1 Å². The predicted molar refractivity (Wildman–Crippen MR) is 106 cm³/mol. The number of hydrogen-bond acceptors (Lipinski definition) is 6. The van der Waals surface area contributed by atoms with Crippen LogP contribution in [-0.2, 0) is 32.0 Å². The Morgan fingerprint density at radius 2 is 1.62 bits per heavy atom. The summed E-state index contributed by atoms with van der Waals surface area (Å²) in [5.41, 5.74) is 1.61. The smallest absolute Gasteiger partial charge is 0.328 e. The van der Waals surface area contributed by atoms with Gasteiger partial charge in [0, 0.05) is 32.0 Å². The van der Waals surface area contributed by atoms with Crippen LogP contribution >= 0.6 is 0 Å². The summed E-state index contributed by atoms with van der Waals surface area (Å²) in [5, 5.41) is 5.32. The topological polar surface area (TPSA) is 107 Å². The van der Waals surface area contributed by atoms with Crippen molar-refractivity contribution in [3.63, 3.8) is 0 Å². The second-order valence-electron chi connectivity index (χ2n) is 6.44. The van der Waals surface area contributed by atoms with E-state index in [1.807, 2.05) is 30.3 Å². The lowest BCUT2D eigenvalue weighted by Gasteiger charge is -2.22. The maximum Gasteiger partial charge on any atom is 0.328 e. The third-order valence-electron chi connectivity index (χ3n) is 4.23. The molecule has 0 fully saturated rings. The zero-order chi connectivity index (χ0) is 21.2. The van der Waals surface area contributed by atoms with Gasteiger partial charge in [0.25, 0.3) is 0 Å². The van der Waals surface area contributed by atoms with Crippen LogP contribution in [0.25, 0.3) is 0 Å². The quantitative estimate of drug-likeness (QED) is 0.610. The molecule has 0 aliphatic heterocycles. The second kappa shape index (κ2) is 10.8. The molecule has 0 saturated carbocycles. The van der Waals surface area contributed by atoms with Crippen LogP contribution in [0.1, 0.15) is 18.1 Å². The number of nitrogens with one attached hydrogen (secondary N) is 2. The molecule has 1 aromatic carbocycles. The summed E-state index contributed by atoms with van der Waals surface area (Å²) < 4.78 is 9.84. The molecule has 29 heavy (non-hydrogen) atoms. The number of ether oxygens (including phenoxy) is 2. The molecule has 2 rings (SSSR count). The molecule has 8 nitrogen and oxygen atoms in total. The van der Waals surface area contributed by atoms with E-state index in [1.54, 1.807) is 18.3 Å². The Morgan fingerprint density at radius 1 is 0.931 bits per heavy atom. The van der Waals surface area contributed by atoms with Gasteiger partial charge in [-0.1, -0.05) is 36.4 Å². The Hall–Kier alpha value is -3.42. The molecule has 0 radical (unpaired) electrons. The zero-order valence-electron chi connectivity index (χ0n) is 16.7. The summed E-state index contributed by atoms with van der Waals surface area (Å²) in [6.07, 6.45) is 2.05. The highest BCUT2D eigenvalue weighted by Gasteiger charge is 2.27. The summed E-state index contributed by atoms with van der Waals surface area (Å²) in [5.74, 6) is -0.951. The van der Waals surface area contributed by atoms with Gasteiger partial charge in [-0.15, -0.1) is 0 Å². The van der Waals surface area contributed by atoms with E-state index in [9.17, 15) is 14.4 Å². The van der Waals surface area contributed by atoms with Crippen LogP contribution in [-0.4, -0.2) is 49.1 Å². The van der Waals surface area contributed by atoms with E-state index < -0.39 is 24.0 Å². The van der Waals surface area contributed by atoms with Gasteiger partial charge in [-0.2, -0.15) is 0 Å². The molecule has 0 aliphatic rings. The molecule has 2 atom stereocenters. The largest absolute Gasteiger partial charge is 0.481 e. The summed E-state index contributed by atoms with van der Waals surface area (Å²) in [4.78, 5) is 40.7. The molecular weight excluding hydrogens is 374 g/mol. The van der Waals surface area contributed by atoms with Crippen molar-refractivity contribution in [1.82, 2.24) is 15.6 Å². The Balaban J connectivity index is 2.13. The van der Waals surface area contributed by atoms with Crippen molar-refractivity contribution in [2.75, 3.05) is 14.2 Å². The second-order valence-corrected chi connectivity index (χ2v) is 6.44. The first-order valence-electron chi connectivity index (χ1n) is 9.11. The molecule has 2 N–H and O–H groups in total. The van der Waals surface area contributed by atoms with Gasteiger partial charge in [-0.3, -0.25) is 9.59 Å². The number of methoxy groups -OCH3 is 2. The average molecular weight is 399 g/mol. The van der Waals surface area contributed by atoms with Crippen LogP contribution in [0, 0.1) is 0 Å². The number of pyridine rings is 1. The van der Waals surface area contributed by atoms with Gasteiger partial charge >= 0.3 is 5.97 Å². The third kappa shape index (κ3) is 6.91. The van der Waals surface area contributed by atoms with Crippen molar-refractivity contribution in [1.29, 1.82) is 0 Å². The first-order chi connectivity index (χ1) is 13.9. The van der Waals surface area contributed by atoms with Crippen LogP contribution in [0.3, 0.4) is 0 Å². The van der Waals surface area contributed by atoms with Crippen LogP contribution in [0.2, 0.25) is 0 Å². The number of benzene rings is 1. The first-order valence-corrected chi connectivity index (χ1v) is 9.11. The molecule has 0 bridgehead atoms. The fraction of sp³-hybridized carbons (Fsp3) is 0.333. The fourth-order valence-corrected chi connectivity index (χ4v) is 2.80. The number of nitrogens with zero attached hydrogens (tertiary/aromatic N) is 1. The third-order valence-corrected chi connectivity index (χ3v) is 4.23. The normalized spacial score (nSPS) is 12.4. The minimum atomic E-state index is -0.922. The van der Waals surface area contributed by atoms with Gasteiger partial charge < -0.3 is 20.1 Å². The minimum Gasteiger partial charge on any atom is -0.481 e. The van der Waals surface area contributed by atoms with E-state index >= 15 is 0 Å². The predicted octanol–water partition coefficient (Wildman–Crippen LogP) is 1.04.